The van der Waals surface area contributed by atoms with Gasteiger partial charge in [0, 0.05) is 36.2 Å². The van der Waals surface area contributed by atoms with Crippen molar-refractivity contribution in [3.8, 4) is 17.0 Å². The van der Waals surface area contributed by atoms with E-state index in [1.54, 1.807) is 12.1 Å². The van der Waals surface area contributed by atoms with Gasteiger partial charge in [-0.3, -0.25) is 19.4 Å². The first-order valence-corrected chi connectivity index (χ1v) is 11.2. The van der Waals surface area contributed by atoms with Gasteiger partial charge in [0.2, 0.25) is 5.88 Å². The molecule has 1 atom stereocenters. The lowest BCUT2D eigenvalue weighted by atomic mass is 10.0. The van der Waals surface area contributed by atoms with Gasteiger partial charge in [-0.05, 0) is 31.5 Å². The first kappa shape index (κ1) is 23.3. The van der Waals surface area contributed by atoms with E-state index in [0.29, 0.717) is 11.4 Å². The molecule has 170 valence electrons. The molecule has 1 aromatic carbocycles. The minimum absolute atomic E-state index is 0.0112. The Morgan fingerprint density at radius 3 is 2.59 bits per heavy atom. The molecule has 1 amide bonds. The van der Waals surface area contributed by atoms with E-state index in [9.17, 15) is 22.4 Å². The molecule has 0 bridgehead atoms. The van der Waals surface area contributed by atoms with Crippen LogP contribution >= 0.6 is 0 Å². The highest BCUT2D eigenvalue weighted by molar-refractivity contribution is 7.92. The van der Waals surface area contributed by atoms with Crippen molar-refractivity contribution in [2.75, 3.05) is 13.4 Å². The molecule has 0 saturated carbocycles. The van der Waals surface area contributed by atoms with Crippen LogP contribution < -0.4 is 15.8 Å². The number of aryl methyl sites for hydroxylation is 1. The number of carbonyl (C=O) groups is 1. The molecule has 0 fully saturated rings. The van der Waals surface area contributed by atoms with Crippen LogP contribution in [0.15, 0.2) is 41.6 Å². The van der Waals surface area contributed by atoms with Crippen molar-refractivity contribution in [3.05, 3.63) is 53.0 Å². The molecule has 12 heteroatoms. The first-order chi connectivity index (χ1) is 15.0. The maximum absolute atomic E-state index is 14.8. The molecule has 0 spiro atoms. The molecule has 2 N–H and O–H groups in total. The van der Waals surface area contributed by atoms with E-state index in [1.165, 1.54) is 31.2 Å². The summed E-state index contributed by atoms with van der Waals surface area (Å²) in [6.07, 6.45) is 3.17. The average molecular weight is 464 g/mol. The molecule has 10 nitrogen and oxygen atoms in total. The van der Waals surface area contributed by atoms with Crippen molar-refractivity contribution in [2.24, 2.45) is 0 Å². The van der Waals surface area contributed by atoms with Gasteiger partial charge in [-0.15, -0.1) is 0 Å². The Bertz CT molecular complexity index is 1340. The van der Waals surface area contributed by atoms with E-state index < -0.39 is 31.9 Å². The normalized spacial score (nSPS) is 13.5. The van der Waals surface area contributed by atoms with Gasteiger partial charge in [0.05, 0.1) is 24.3 Å². The third-order valence-electron chi connectivity index (χ3n) is 5.40. The zero-order valence-corrected chi connectivity index (χ0v) is 18.3. The lowest BCUT2D eigenvalue weighted by molar-refractivity contribution is -0.131. The molecular formula is C20H21FN4O6S. The first-order valence-electron chi connectivity index (χ1n) is 9.35. The van der Waals surface area contributed by atoms with Crippen LogP contribution in [0, 0.1) is 5.82 Å². The number of hydrogen-bond acceptors (Lipinski definition) is 8. The number of hydroxylamine groups is 1. The number of sulfone groups is 1. The molecule has 0 aliphatic heterocycles. The molecule has 3 rings (SSSR count). The van der Waals surface area contributed by atoms with Gasteiger partial charge in [-0.1, -0.05) is 0 Å². The van der Waals surface area contributed by atoms with Crippen molar-refractivity contribution >= 4 is 26.6 Å². The van der Waals surface area contributed by atoms with Crippen molar-refractivity contribution in [1.29, 1.82) is 0 Å². The Balaban J connectivity index is 1.98. The number of rotatable bonds is 7. The largest absolute Gasteiger partial charge is 0.481 e. The third kappa shape index (κ3) is 4.18. The smallest absolute Gasteiger partial charge is 0.264 e. The predicted octanol–water partition coefficient (Wildman–Crippen LogP) is 1.30. The number of pyridine rings is 1. The number of amides is 1. The number of carbonyl (C=O) groups excluding carboxylic acids is 1. The second kappa shape index (κ2) is 8.63. The van der Waals surface area contributed by atoms with Gasteiger partial charge >= 0.3 is 0 Å². The van der Waals surface area contributed by atoms with E-state index >= 15 is 0 Å². The molecule has 0 unspecified atom stereocenters. The summed E-state index contributed by atoms with van der Waals surface area (Å²) in [6, 6.07) is 5.66. The number of aromatic nitrogens is 3. The fourth-order valence-electron chi connectivity index (χ4n) is 3.14. The zero-order valence-electron chi connectivity index (χ0n) is 17.5. The third-order valence-corrected chi connectivity index (χ3v) is 7.43. The second-order valence-electron chi connectivity index (χ2n) is 7.38. The maximum atomic E-state index is 14.8. The van der Waals surface area contributed by atoms with E-state index in [0.717, 1.165) is 23.8 Å². The Labute approximate surface area is 182 Å². The summed E-state index contributed by atoms with van der Waals surface area (Å²) in [5, 5.41) is 8.90. The summed E-state index contributed by atoms with van der Waals surface area (Å²) >= 11 is 0. The quantitative estimate of drug-likeness (QED) is 0.394. The van der Waals surface area contributed by atoms with Crippen molar-refractivity contribution in [3.63, 3.8) is 0 Å². The molecule has 32 heavy (non-hydrogen) atoms. The fourth-order valence-corrected chi connectivity index (χ4v) is 3.98. The minimum atomic E-state index is -3.93. The lowest BCUT2D eigenvalue weighted by Gasteiger charge is -2.25. The summed E-state index contributed by atoms with van der Waals surface area (Å²) in [6.45, 7) is 0.937. The standard InChI is InChI=1S/C20H21FN4O6S/c1-20(19(27)24-28,32(3,29)30)6-7-25-11-23-16-9-13(15(21)8-14(16)18(25)26)12-4-5-17(31-2)22-10-12/h4-5,8-11,28H,6-7H2,1-3H3,(H,24,27)/t20-/m1/s1. The van der Waals surface area contributed by atoms with Gasteiger partial charge in [-0.2, -0.15) is 0 Å². The van der Waals surface area contributed by atoms with Crippen LogP contribution in [0.2, 0.25) is 0 Å². The highest BCUT2D eigenvalue weighted by Gasteiger charge is 2.43. The van der Waals surface area contributed by atoms with Crippen LogP contribution in [-0.2, 0) is 21.2 Å². The van der Waals surface area contributed by atoms with Crippen molar-refractivity contribution in [1.82, 2.24) is 20.0 Å². The molecule has 3 aromatic rings. The average Bonchev–Trinajstić information content (AvgIpc) is 2.77. The number of methoxy groups -OCH3 is 1. The van der Waals surface area contributed by atoms with Crippen LogP contribution in [0.1, 0.15) is 13.3 Å². The molecule has 0 radical (unpaired) electrons. The van der Waals surface area contributed by atoms with Crippen molar-refractivity contribution < 1.29 is 27.5 Å². The number of nitrogens with one attached hydrogen (secondary N) is 1. The highest BCUT2D eigenvalue weighted by atomic mass is 32.2. The van der Waals surface area contributed by atoms with Crippen LogP contribution in [0.3, 0.4) is 0 Å². The Hall–Kier alpha value is -3.38. The van der Waals surface area contributed by atoms with Crippen molar-refractivity contribution in [2.45, 2.75) is 24.6 Å². The molecular weight excluding hydrogens is 443 g/mol. The van der Waals surface area contributed by atoms with Crippen LogP contribution in [-0.4, -0.2) is 52.2 Å². The van der Waals surface area contributed by atoms with Gasteiger partial charge in [0.25, 0.3) is 11.5 Å². The van der Waals surface area contributed by atoms with Gasteiger partial charge in [0.1, 0.15) is 5.82 Å². The number of nitrogens with zero attached hydrogens (tertiary/aromatic N) is 3. The maximum Gasteiger partial charge on any atom is 0.264 e. The second-order valence-corrected chi connectivity index (χ2v) is 9.82. The highest BCUT2D eigenvalue weighted by Crippen LogP contribution is 2.27. The summed E-state index contributed by atoms with van der Waals surface area (Å²) < 4.78 is 43.1. The summed E-state index contributed by atoms with van der Waals surface area (Å²) in [4.78, 5) is 33.0. The topological polar surface area (TPSA) is 140 Å². The Morgan fingerprint density at radius 1 is 1.31 bits per heavy atom. The van der Waals surface area contributed by atoms with Gasteiger partial charge in [-0.25, -0.2) is 28.3 Å². The number of fused-ring (bicyclic) bond motifs is 1. The van der Waals surface area contributed by atoms with E-state index in [1.807, 2.05) is 0 Å². The predicted molar refractivity (Wildman–Crippen MR) is 114 cm³/mol. The van der Waals surface area contributed by atoms with E-state index in [2.05, 4.69) is 9.97 Å². The summed E-state index contributed by atoms with van der Waals surface area (Å²) in [5.74, 6) is -1.42. The van der Waals surface area contributed by atoms with Gasteiger partial charge in [0.15, 0.2) is 14.6 Å². The lowest BCUT2D eigenvalue weighted by Crippen LogP contribution is -2.50. The summed E-state index contributed by atoms with van der Waals surface area (Å²) in [5.41, 5.74) is 1.64. The number of benzene rings is 1. The SMILES string of the molecule is COc1ccc(-c2cc3ncn(CC[C@](C)(C(=O)NO)S(C)(=O)=O)c(=O)c3cc2F)cn1. The van der Waals surface area contributed by atoms with E-state index in [4.69, 9.17) is 9.94 Å². The molecule has 0 aliphatic rings. The fraction of sp³-hybridized carbons (Fsp3) is 0.300. The van der Waals surface area contributed by atoms with Gasteiger partial charge < -0.3 is 4.74 Å². The Kier molecular flexibility index (Phi) is 6.28. The van der Waals surface area contributed by atoms with E-state index in [-0.39, 0.29) is 29.4 Å². The van der Waals surface area contributed by atoms with Crippen LogP contribution in [0.25, 0.3) is 22.0 Å². The number of halogens is 1. The van der Waals surface area contributed by atoms with Crippen LogP contribution in [0.4, 0.5) is 4.39 Å². The summed E-state index contributed by atoms with van der Waals surface area (Å²) in [7, 11) is -2.47. The van der Waals surface area contributed by atoms with Crippen LogP contribution in [0.5, 0.6) is 5.88 Å². The number of hydrogen-bond donors (Lipinski definition) is 2. The molecule has 0 aliphatic carbocycles. The zero-order chi connectivity index (χ0) is 23.7. The molecule has 2 aromatic heterocycles. The Morgan fingerprint density at radius 2 is 2.03 bits per heavy atom. The molecule has 2 heterocycles. The monoisotopic (exact) mass is 464 g/mol. The number of ether oxygens (including phenoxy) is 1. The molecule has 0 saturated heterocycles. The minimum Gasteiger partial charge on any atom is -0.481 e.